The fourth-order valence-electron chi connectivity index (χ4n) is 3.38. The molecule has 1 nitrogen and oxygen atoms in total. The van der Waals surface area contributed by atoms with E-state index < -0.39 is 0 Å². The molecule has 0 saturated heterocycles. The summed E-state index contributed by atoms with van der Waals surface area (Å²) < 4.78 is 0. The molecule has 0 radical (unpaired) electrons. The molecule has 120 valence electrons. The van der Waals surface area contributed by atoms with Crippen LogP contribution in [0.1, 0.15) is 116 Å². The maximum atomic E-state index is 6.24. The van der Waals surface area contributed by atoms with Crippen LogP contribution in [0.2, 0.25) is 0 Å². The second-order valence-corrected chi connectivity index (χ2v) is 7.21. The molecule has 20 heavy (non-hydrogen) atoms. The van der Waals surface area contributed by atoms with Gasteiger partial charge in [-0.3, -0.25) is 0 Å². The summed E-state index contributed by atoms with van der Waals surface area (Å²) in [6.07, 6.45) is 24.0. The molecule has 1 heteroatoms. The van der Waals surface area contributed by atoms with E-state index in [1.165, 1.54) is 109 Å². The van der Waals surface area contributed by atoms with Crippen molar-refractivity contribution in [3.05, 3.63) is 0 Å². The van der Waals surface area contributed by atoms with Crippen molar-refractivity contribution in [2.24, 2.45) is 5.73 Å². The van der Waals surface area contributed by atoms with Crippen LogP contribution < -0.4 is 5.73 Å². The molecule has 0 aromatic rings. The van der Waals surface area contributed by atoms with Gasteiger partial charge in [0.25, 0.3) is 0 Å². The fourth-order valence-corrected chi connectivity index (χ4v) is 3.38. The molecular weight excluding hydrogens is 242 g/mol. The molecular formula is C19H39N. The Kier molecular flexibility index (Phi) is 10.4. The molecule has 0 atom stereocenters. The third-order valence-electron chi connectivity index (χ3n) is 5.13. The molecule has 0 heterocycles. The molecule has 1 fully saturated rings. The predicted molar refractivity (Wildman–Crippen MR) is 91.1 cm³/mol. The fraction of sp³-hybridized carbons (Fsp3) is 1.00. The monoisotopic (exact) mass is 281 g/mol. The van der Waals surface area contributed by atoms with Gasteiger partial charge in [-0.05, 0) is 25.7 Å². The molecule has 0 spiro atoms. The van der Waals surface area contributed by atoms with Crippen LogP contribution in [-0.4, -0.2) is 5.54 Å². The van der Waals surface area contributed by atoms with Crippen molar-refractivity contribution < 1.29 is 0 Å². The van der Waals surface area contributed by atoms with Crippen LogP contribution in [0.3, 0.4) is 0 Å². The van der Waals surface area contributed by atoms with Crippen LogP contribution >= 0.6 is 0 Å². The third-order valence-corrected chi connectivity index (χ3v) is 5.13. The minimum absolute atomic E-state index is 0.262. The summed E-state index contributed by atoms with van der Waals surface area (Å²) in [7, 11) is 0. The first kappa shape index (κ1) is 18.0. The first-order valence-electron chi connectivity index (χ1n) is 9.56. The highest BCUT2D eigenvalue weighted by Gasteiger charge is 2.31. The number of hydrogen-bond acceptors (Lipinski definition) is 1. The van der Waals surface area contributed by atoms with E-state index in [0.29, 0.717) is 0 Å². The summed E-state index contributed by atoms with van der Waals surface area (Å²) in [4.78, 5) is 0. The van der Waals surface area contributed by atoms with Crippen LogP contribution in [0.15, 0.2) is 0 Å². The highest BCUT2D eigenvalue weighted by atomic mass is 14.8. The lowest BCUT2D eigenvalue weighted by Gasteiger charge is -2.38. The van der Waals surface area contributed by atoms with Crippen molar-refractivity contribution in [1.29, 1.82) is 0 Å². The van der Waals surface area contributed by atoms with Crippen LogP contribution in [0.4, 0.5) is 0 Å². The minimum Gasteiger partial charge on any atom is -0.325 e. The van der Waals surface area contributed by atoms with E-state index in [2.05, 4.69) is 6.92 Å². The van der Waals surface area contributed by atoms with Crippen molar-refractivity contribution >= 4 is 0 Å². The Morgan fingerprint density at radius 1 is 0.650 bits per heavy atom. The third kappa shape index (κ3) is 9.00. The van der Waals surface area contributed by atoms with E-state index in [1.807, 2.05) is 0 Å². The highest BCUT2D eigenvalue weighted by molar-refractivity contribution is 4.91. The Bertz CT molecular complexity index is 208. The van der Waals surface area contributed by atoms with Crippen LogP contribution in [0.5, 0.6) is 0 Å². The van der Waals surface area contributed by atoms with Crippen LogP contribution in [-0.2, 0) is 0 Å². The largest absolute Gasteiger partial charge is 0.325 e. The lowest BCUT2D eigenvalue weighted by molar-refractivity contribution is 0.224. The highest BCUT2D eigenvalue weighted by Crippen LogP contribution is 2.33. The smallest absolute Gasteiger partial charge is 0.0154 e. The zero-order valence-electron chi connectivity index (χ0n) is 14.1. The Balaban J connectivity index is 1.68. The first-order valence-corrected chi connectivity index (χ1v) is 9.56. The number of rotatable bonds is 14. The van der Waals surface area contributed by atoms with Gasteiger partial charge >= 0.3 is 0 Å². The SMILES string of the molecule is CCCCCCCCCCCCCCCC1(N)CCC1. The molecule has 1 aliphatic carbocycles. The lowest BCUT2D eigenvalue weighted by atomic mass is 9.74. The normalized spacial score (nSPS) is 17.1. The minimum atomic E-state index is 0.262. The summed E-state index contributed by atoms with van der Waals surface area (Å²) in [5.41, 5.74) is 6.50. The Morgan fingerprint density at radius 3 is 1.40 bits per heavy atom. The van der Waals surface area contributed by atoms with Crippen molar-refractivity contribution in [2.45, 2.75) is 122 Å². The summed E-state index contributed by atoms with van der Waals surface area (Å²) in [6.45, 7) is 2.29. The summed E-state index contributed by atoms with van der Waals surface area (Å²) in [5.74, 6) is 0. The zero-order chi connectivity index (χ0) is 14.5. The second-order valence-electron chi connectivity index (χ2n) is 7.21. The molecule has 0 unspecified atom stereocenters. The van der Waals surface area contributed by atoms with E-state index in [-0.39, 0.29) is 5.54 Å². The molecule has 0 aromatic carbocycles. The van der Waals surface area contributed by atoms with E-state index >= 15 is 0 Å². The molecule has 0 aromatic heterocycles. The Morgan fingerprint density at radius 2 is 1.05 bits per heavy atom. The van der Waals surface area contributed by atoms with Gasteiger partial charge in [-0.2, -0.15) is 0 Å². The van der Waals surface area contributed by atoms with Gasteiger partial charge in [-0.1, -0.05) is 90.4 Å². The van der Waals surface area contributed by atoms with Gasteiger partial charge < -0.3 is 5.73 Å². The van der Waals surface area contributed by atoms with Gasteiger partial charge in [0.2, 0.25) is 0 Å². The Labute approximate surface area is 128 Å². The van der Waals surface area contributed by atoms with Crippen molar-refractivity contribution in [3.8, 4) is 0 Å². The maximum absolute atomic E-state index is 6.24. The summed E-state index contributed by atoms with van der Waals surface area (Å²) >= 11 is 0. The van der Waals surface area contributed by atoms with Gasteiger partial charge in [0.15, 0.2) is 0 Å². The van der Waals surface area contributed by atoms with Crippen molar-refractivity contribution in [2.75, 3.05) is 0 Å². The van der Waals surface area contributed by atoms with E-state index in [1.54, 1.807) is 0 Å². The standard InChI is InChI=1S/C19H39N/c1-2-3-4-5-6-7-8-9-10-11-12-13-14-16-19(20)17-15-18-19/h2-18,20H2,1H3. The maximum Gasteiger partial charge on any atom is 0.0154 e. The van der Waals surface area contributed by atoms with E-state index in [0.717, 1.165) is 0 Å². The van der Waals surface area contributed by atoms with E-state index in [4.69, 9.17) is 5.73 Å². The van der Waals surface area contributed by atoms with Gasteiger partial charge in [-0.15, -0.1) is 0 Å². The molecule has 0 amide bonds. The molecule has 1 rings (SSSR count). The average molecular weight is 282 g/mol. The first-order chi connectivity index (χ1) is 9.77. The average Bonchev–Trinajstić information content (AvgIpc) is 2.42. The second kappa shape index (κ2) is 11.6. The van der Waals surface area contributed by atoms with Gasteiger partial charge in [-0.25, -0.2) is 0 Å². The van der Waals surface area contributed by atoms with Gasteiger partial charge in [0, 0.05) is 5.54 Å². The van der Waals surface area contributed by atoms with Crippen LogP contribution in [0, 0.1) is 0 Å². The van der Waals surface area contributed by atoms with E-state index in [9.17, 15) is 0 Å². The lowest BCUT2D eigenvalue weighted by Crippen LogP contribution is -2.46. The van der Waals surface area contributed by atoms with Gasteiger partial charge in [0.1, 0.15) is 0 Å². The van der Waals surface area contributed by atoms with Gasteiger partial charge in [0.05, 0.1) is 0 Å². The van der Waals surface area contributed by atoms with Crippen molar-refractivity contribution in [3.63, 3.8) is 0 Å². The Hall–Kier alpha value is -0.0400. The van der Waals surface area contributed by atoms with Crippen LogP contribution in [0.25, 0.3) is 0 Å². The quantitative estimate of drug-likeness (QED) is 0.369. The predicted octanol–water partition coefficient (Wildman–Crippen LogP) is 6.35. The molecule has 0 aliphatic heterocycles. The summed E-state index contributed by atoms with van der Waals surface area (Å²) in [5, 5.41) is 0. The number of nitrogens with two attached hydrogens (primary N) is 1. The molecule has 1 aliphatic rings. The summed E-state index contributed by atoms with van der Waals surface area (Å²) in [6, 6.07) is 0. The molecule has 1 saturated carbocycles. The van der Waals surface area contributed by atoms with Crippen molar-refractivity contribution in [1.82, 2.24) is 0 Å². The zero-order valence-corrected chi connectivity index (χ0v) is 14.1. The topological polar surface area (TPSA) is 26.0 Å². The number of hydrogen-bond donors (Lipinski definition) is 1. The number of unbranched alkanes of at least 4 members (excludes halogenated alkanes) is 12. The molecule has 2 N–H and O–H groups in total. The molecule has 0 bridgehead atoms.